The van der Waals surface area contributed by atoms with Crippen molar-refractivity contribution < 1.29 is 41.9 Å². The Morgan fingerprint density at radius 1 is 1.16 bits per heavy atom. The Morgan fingerprint density at radius 3 is 2.45 bits per heavy atom. The molecular formula is C37H52F3N4O5+. The number of likely N-dealkylation sites (N-methyl/N-ethyl adjacent to an activating group) is 1. The molecule has 1 aromatic carbocycles. The topological polar surface area (TPSA) is 108 Å². The zero-order valence-electron chi connectivity index (χ0n) is 29.7. The van der Waals surface area contributed by atoms with E-state index in [0.29, 0.717) is 54.7 Å². The molecule has 1 unspecified atom stereocenters. The van der Waals surface area contributed by atoms with Gasteiger partial charge in [-0.3, -0.25) is 23.9 Å². The van der Waals surface area contributed by atoms with Gasteiger partial charge in [0.05, 0.1) is 32.7 Å². The fourth-order valence-corrected chi connectivity index (χ4v) is 6.83. The maximum Gasteiger partial charge on any atom is 0.416 e. The third-order valence-corrected chi connectivity index (χ3v) is 10.3. The van der Waals surface area contributed by atoms with E-state index < -0.39 is 23.4 Å². The maximum absolute atomic E-state index is 14.0. The predicted molar refractivity (Wildman–Crippen MR) is 181 cm³/mol. The van der Waals surface area contributed by atoms with Gasteiger partial charge in [0.15, 0.2) is 0 Å². The maximum atomic E-state index is 14.0. The van der Waals surface area contributed by atoms with E-state index in [1.165, 1.54) is 12.1 Å². The number of allylic oxidation sites excluding steroid dienone is 2. The Kier molecular flexibility index (Phi) is 11.5. The summed E-state index contributed by atoms with van der Waals surface area (Å²) in [6.45, 7) is 9.73. The van der Waals surface area contributed by atoms with Crippen LogP contribution in [0.25, 0.3) is 0 Å². The van der Waals surface area contributed by atoms with Gasteiger partial charge in [-0.2, -0.15) is 13.2 Å². The zero-order chi connectivity index (χ0) is 36.3. The van der Waals surface area contributed by atoms with Crippen molar-refractivity contribution >= 4 is 23.5 Å². The molecular weight excluding hydrogens is 637 g/mol. The minimum Gasteiger partial charge on any atom is -0.415 e. The summed E-state index contributed by atoms with van der Waals surface area (Å²) in [5.74, 6) is -0.635. The fourth-order valence-electron chi connectivity index (χ4n) is 6.83. The van der Waals surface area contributed by atoms with E-state index in [1.54, 1.807) is 11.0 Å². The van der Waals surface area contributed by atoms with Crippen LogP contribution < -0.4 is 5.32 Å². The molecule has 3 aliphatic rings. The summed E-state index contributed by atoms with van der Waals surface area (Å²) >= 11 is 0. The average molecular weight is 690 g/mol. The summed E-state index contributed by atoms with van der Waals surface area (Å²) in [4.78, 5) is 45.6. The first kappa shape index (κ1) is 38.3. The van der Waals surface area contributed by atoms with Crippen molar-refractivity contribution in [2.75, 3.05) is 47.1 Å². The van der Waals surface area contributed by atoms with Gasteiger partial charge >= 0.3 is 12.1 Å². The van der Waals surface area contributed by atoms with Gasteiger partial charge in [-0.1, -0.05) is 58.1 Å². The van der Waals surface area contributed by atoms with Crippen molar-refractivity contribution in [3.8, 4) is 0 Å². The number of quaternary nitrogens is 1. The van der Waals surface area contributed by atoms with E-state index >= 15 is 0 Å². The Bertz CT molecular complexity index is 1490. The van der Waals surface area contributed by atoms with E-state index in [1.807, 2.05) is 26.2 Å². The first-order chi connectivity index (χ1) is 22.8. The van der Waals surface area contributed by atoms with Crippen LogP contribution in [-0.4, -0.2) is 90.7 Å². The number of nitrogens with zero attached hydrogens (tertiary/aromatic N) is 3. The molecule has 1 saturated carbocycles. The third-order valence-electron chi connectivity index (χ3n) is 10.3. The molecule has 2 amide bonds. The second-order valence-electron chi connectivity index (χ2n) is 15.8. The molecule has 1 aromatic rings. The van der Waals surface area contributed by atoms with E-state index in [2.05, 4.69) is 33.0 Å². The van der Waals surface area contributed by atoms with Crippen molar-refractivity contribution in [1.82, 2.24) is 10.2 Å². The number of amides is 2. The van der Waals surface area contributed by atoms with Gasteiger partial charge in [0.25, 0.3) is 11.8 Å². The lowest BCUT2D eigenvalue weighted by Gasteiger charge is -2.45. The third kappa shape index (κ3) is 9.60. The summed E-state index contributed by atoms with van der Waals surface area (Å²) in [5, 5.41) is 11.9. The molecule has 0 saturated heterocycles. The van der Waals surface area contributed by atoms with Gasteiger partial charge in [-0.15, -0.1) is 0 Å². The van der Waals surface area contributed by atoms with Crippen LogP contribution >= 0.6 is 0 Å². The summed E-state index contributed by atoms with van der Waals surface area (Å²) in [6, 6.07) is 4.86. The quantitative estimate of drug-likeness (QED) is 0.168. The lowest BCUT2D eigenvalue weighted by atomic mass is 9.69. The zero-order valence-corrected chi connectivity index (χ0v) is 29.7. The van der Waals surface area contributed by atoms with Gasteiger partial charge in [0, 0.05) is 24.2 Å². The molecule has 2 aliphatic carbocycles. The van der Waals surface area contributed by atoms with Gasteiger partial charge in [-0.25, -0.2) is 0 Å². The molecule has 4 rings (SSSR count). The monoisotopic (exact) mass is 689 g/mol. The Hall–Kier alpha value is -3.51. The van der Waals surface area contributed by atoms with Crippen molar-refractivity contribution in [2.45, 2.75) is 84.5 Å². The fraction of sp³-hybridized carbons (Fsp3) is 0.622. The van der Waals surface area contributed by atoms with Gasteiger partial charge in [0.1, 0.15) is 17.9 Å². The van der Waals surface area contributed by atoms with E-state index in [4.69, 9.17) is 14.8 Å². The minimum absolute atomic E-state index is 0.0177. The number of benzene rings is 1. The molecule has 0 radical (unpaired) electrons. The lowest BCUT2D eigenvalue weighted by Crippen LogP contribution is -2.51. The normalized spacial score (nSPS) is 24.6. The standard InChI is InChI=1S/C37H51F3N4O5/c1-34(2,3)28-12-17-36(18-13-28)42-31(27-8-7-9-29(24-27)37(38,39)40)33(48)43(36)21-19-35(4)15-10-26(11-16-35)32(47)41-20-14-30(46)49-25-44(5,6)22-23-45/h7-11,15,24,28,45H,12-14,16-23,25H2,1-6H3/p+1. The van der Waals surface area contributed by atoms with Crippen LogP contribution in [0, 0.1) is 16.7 Å². The second-order valence-corrected chi connectivity index (χ2v) is 15.8. The second kappa shape index (κ2) is 14.8. The molecule has 1 fully saturated rings. The number of ether oxygens (including phenoxy) is 1. The number of rotatable bonds is 12. The number of alkyl halides is 3. The van der Waals surface area contributed by atoms with Crippen LogP contribution in [0.15, 0.2) is 53.1 Å². The molecule has 270 valence electrons. The lowest BCUT2D eigenvalue weighted by molar-refractivity contribution is -0.907. The smallest absolute Gasteiger partial charge is 0.415 e. The van der Waals surface area contributed by atoms with Gasteiger partial charge in [-0.05, 0) is 67.4 Å². The highest BCUT2D eigenvalue weighted by Gasteiger charge is 2.50. The number of halogens is 3. The number of hydrogen-bond acceptors (Lipinski definition) is 6. The van der Waals surface area contributed by atoms with Gasteiger partial charge < -0.3 is 20.1 Å². The van der Waals surface area contributed by atoms with E-state index in [9.17, 15) is 27.6 Å². The molecule has 49 heavy (non-hydrogen) atoms. The van der Waals surface area contributed by atoms with Crippen LogP contribution in [-0.2, 0) is 25.3 Å². The molecule has 1 heterocycles. The number of carbonyl (C=O) groups is 3. The number of aliphatic imine (C=N–C) groups is 1. The average Bonchev–Trinajstić information content (AvgIpc) is 3.28. The summed E-state index contributed by atoms with van der Waals surface area (Å²) in [6.07, 6.45) is 5.21. The molecule has 0 aromatic heterocycles. The van der Waals surface area contributed by atoms with Crippen molar-refractivity contribution in [3.05, 3.63) is 59.2 Å². The van der Waals surface area contributed by atoms with Crippen molar-refractivity contribution in [3.63, 3.8) is 0 Å². The van der Waals surface area contributed by atoms with Crippen molar-refractivity contribution in [2.24, 2.45) is 21.7 Å². The number of nitrogens with one attached hydrogen (secondary N) is 1. The highest BCUT2D eigenvalue weighted by Crippen LogP contribution is 2.47. The Balaban J connectivity index is 1.39. The SMILES string of the molecule is CC1(CCN2C(=O)C(c3cccc(C(F)(F)F)c3)=NC23CCC(C(C)(C)C)CC3)C=CC(C(=O)NCCC(=O)OC[N+](C)(C)CCO)=CC1. The number of aliphatic hydroxyl groups is 1. The Morgan fingerprint density at radius 2 is 1.86 bits per heavy atom. The van der Waals surface area contributed by atoms with E-state index in [0.717, 1.165) is 25.0 Å². The minimum atomic E-state index is -4.53. The van der Waals surface area contributed by atoms with Crippen LogP contribution in [0.2, 0.25) is 0 Å². The Labute approximate surface area is 287 Å². The first-order valence-corrected chi connectivity index (χ1v) is 17.1. The molecule has 1 aliphatic heterocycles. The number of aliphatic hydroxyl groups excluding tert-OH is 1. The predicted octanol–water partition coefficient (Wildman–Crippen LogP) is 5.63. The van der Waals surface area contributed by atoms with Crippen LogP contribution in [0.3, 0.4) is 0 Å². The molecule has 1 spiro atoms. The van der Waals surface area contributed by atoms with Gasteiger partial charge in [0.2, 0.25) is 6.73 Å². The molecule has 1 atom stereocenters. The van der Waals surface area contributed by atoms with Crippen LogP contribution in [0.5, 0.6) is 0 Å². The molecule has 0 bridgehead atoms. The summed E-state index contributed by atoms with van der Waals surface area (Å²) in [5.41, 5.74) is -1.13. The van der Waals surface area contributed by atoms with Crippen LogP contribution in [0.4, 0.5) is 13.2 Å². The highest BCUT2D eigenvalue weighted by atomic mass is 19.4. The number of esters is 1. The highest BCUT2D eigenvalue weighted by molar-refractivity contribution is 6.46. The van der Waals surface area contributed by atoms with E-state index in [-0.39, 0.29) is 60.2 Å². The largest absolute Gasteiger partial charge is 0.416 e. The number of carbonyl (C=O) groups excluding carboxylic acids is 3. The van der Waals surface area contributed by atoms with Crippen molar-refractivity contribution in [1.29, 1.82) is 0 Å². The molecule has 2 N–H and O–H groups in total. The molecule has 9 nitrogen and oxygen atoms in total. The summed E-state index contributed by atoms with van der Waals surface area (Å²) < 4.78 is 46.3. The number of hydrogen-bond donors (Lipinski definition) is 2. The summed E-state index contributed by atoms with van der Waals surface area (Å²) in [7, 11) is 3.68. The first-order valence-electron chi connectivity index (χ1n) is 17.1. The molecule has 12 heteroatoms. The van der Waals surface area contributed by atoms with Crippen LogP contribution in [0.1, 0.15) is 83.8 Å².